The highest BCUT2D eigenvalue weighted by molar-refractivity contribution is 6.04. The Labute approximate surface area is 167 Å². The second-order valence-corrected chi connectivity index (χ2v) is 6.50. The molecule has 1 unspecified atom stereocenters. The smallest absolute Gasteiger partial charge is 0.276 e. The molecule has 1 atom stereocenters. The first-order valence-electron chi connectivity index (χ1n) is 9.00. The maximum atomic E-state index is 13.2. The molecule has 146 valence electrons. The fraction of sp³-hybridized carbons (Fsp3) is 0.0909. The Hall–Kier alpha value is -4.00. The summed E-state index contributed by atoms with van der Waals surface area (Å²) in [5.41, 5.74) is 4.49. The number of carbonyl (C=O) groups is 2. The van der Waals surface area contributed by atoms with Gasteiger partial charge in [-0.15, -0.1) is 0 Å². The summed E-state index contributed by atoms with van der Waals surface area (Å²) in [7, 11) is 1.51. The number of amides is 2. The van der Waals surface area contributed by atoms with Crippen LogP contribution in [0.4, 0.5) is 5.69 Å². The summed E-state index contributed by atoms with van der Waals surface area (Å²) in [6.07, 6.45) is -0.833. The summed E-state index contributed by atoms with van der Waals surface area (Å²) in [6, 6.07) is 20.3. The van der Waals surface area contributed by atoms with E-state index < -0.39 is 18.0 Å². The highest BCUT2D eigenvalue weighted by Crippen LogP contribution is 2.37. The molecular formula is C22H19N3O4. The molecule has 0 radical (unpaired) electrons. The molecule has 3 N–H and O–H groups in total. The quantitative estimate of drug-likeness (QED) is 0.637. The molecule has 0 aromatic heterocycles. The number of methoxy groups -OCH3 is 1. The van der Waals surface area contributed by atoms with Crippen LogP contribution in [0.1, 0.15) is 32.4 Å². The second-order valence-electron chi connectivity index (χ2n) is 6.50. The van der Waals surface area contributed by atoms with Gasteiger partial charge in [-0.3, -0.25) is 15.0 Å². The average molecular weight is 389 g/mol. The van der Waals surface area contributed by atoms with Crippen molar-refractivity contribution in [2.24, 2.45) is 0 Å². The van der Waals surface area contributed by atoms with E-state index in [1.807, 2.05) is 0 Å². The lowest BCUT2D eigenvalue weighted by molar-refractivity contribution is 0.0488. The zero-order valence-electron chi connectivity index (χ0n) is 15.6. The number of ether oxygens (including phenoxy) is 1. The van der Waals surface area contributed by atoms with Gasteiger partial charge in [0.15, 0.2) is 6.17 Å². The molecule has 29 heavy (non-hydrogen) atoms. The van der Waals surface area contributed by atoms with Gasteiger partial charge in [-0.2, -0.15) is 0 Å². The normalized spacial score (nSPS) is 15.3. The van der Waals surface area contributed by atoms with Crippen LogP contribution >= 0.6 is 0 Å². The SMILES string of the molecule is COc1ccc(O)c(C2Nc3ccccc3C(=O)N2NC(=O)c2ccccc2)c1. The number of anilines is 1. The zero-order valence-corrected chi connectivity index (χ0v) is 15.6. The van der Waals surface area contributed by atoms with Crippen LogP contribution in [0.15, 0.2) is 72.8 Å². The Morgan fingerprint density at radius 2 is 1.79 bits per heavy atom. The number of nitrogens with one attached hydrogen (secondary N) is 2. The van der Waals surface area contributed by atoms with Crippen molar-refractivity contribution in [1.82, 2.24) is 10.4 Å². The van der Waals surface area contributed by atoms with E-state index in [-0.39, 0.29) is 5.75 Å². The van der Waals surface area contributed by atoms with Crippen LogP contribution in [0.2, 0.25) is 0 Å². The van der Waals surface area contributed by atoms with Crippen LogP contribution in [-0.2, 0) is 0 Å². The van der Waals surface area contributed by atoms with E-state index in [1.54, 1.807) is 66.7 Å². The first-order valence-corrected chi connectivity index (χ1v) is 9.00. The molecule has 1 aliphatic heterocycles. The lowest BCUT2D eigenvalue weighted by atomic mass is 10.0. The van der Waals surface area contributed by atoms with E-state index in [9.17, 15) is 14.7 Å². The van der Waals surface area contributed by atoms with Crippen molar-refractivity contribution in [1.29, 1.82) is 0 Å². The van der Waals surface area contributed by atoms with Gasteiger partial charge in [0.25, 0.3) is 11.8 Å². The zero-order chi connectivity index (χ0) is 20.4. The highest BCUT2D eigenvalue weighted by atomic mass is 16.5. The van der Waals surface area contributed by atoms with E-state index in [4.69, 9.17) is 4.74 Å². The van der Waals surface area contributed by atoms with Crippen molar-refractivity contribution in [2.75, 3.05) is 12.4 Å². The van der Waals surface area contributed by atoms with Crippen molar-refractivity contribution in [3.63, 3.8) is 0 Å². The fourth-order valence-corrected chi connectivity index (χ4v) is 3.23. The van der Waals surface area contributed by atoms with E-state index in [1.165, 1.54) is 18.2 Å². The van der Waals surface area contributed by atoms with E-state index in [0.29, 0.717) is 28.1 Å². The topological polar surface area (TPSA) is 90.9 Å². The Morgan fingerprint density at radius 1 is 1.07 bits per heavy atom. The highest BCUT2D eigenvalue weighted by Gasteiger charge is 2.36. The van der Waals surface area contributed by atoms with E-state index >= 15 is 0 Å². The molecule has 3 aromatic carbocycles. The average Bonchev–Trinajstić information content (AvgIpc) is 2.76. The van der Waals surface area contributed by atoms with Gasteiger partial charge in [0.2, 0.25) is 0 Å². The minimum absolute atomic E-state index is 0.0329. The molecule has 3 aromatic rings. The number of carbonyl (C=O) groups excluding carboxylic acids is 2. The monoisotopic (exact) mass is 389 g/mol. The molecule has 1 heterocycles. The molecule has 2 amide bonds. The third kappa shape index (κ3) is 3.45. The van der Waals surface area contributed by atoms with Crippen LogP contribution in [-0.4, -0.2) is 29.0 Å². The Morgan fingerprint density at radius 3 is 2.55 bits per heavy atom. The third-order valence-electron chi connectivity index (χ3n) is 4.71. The summed E-state index contributed by atoms with van der Waals surface area (Å²) in [5.74, 6) is -0.349. The standard InChI is InChI=1S/C22H19N3O4/c1-29-15-11-12-19(26)17(13-15)20-23-18-10-6-5-9-16(18)22(28)25(20)24-21(27)14-7-3-2-4-8-14/h2-13,20,23,26H,1H3,(H,24,27). The Kier molecular flexibility index (Phi) is 4.78. The van der Waals surface area contributed by atoms with Gasteiger partial charge in [-0.1, -0.05) is 30.3 Å². The first kappa shape index (κ1) is 18.4. The number of hydrogen-bond acceptors (Lipinski definition) is 5. The molecule has 0 aliphatic carbocycles. The van der Waals surface area contributed by atoms with E-state index in [2.05, 4.69) is 10.7 Å². The maximum Gasteiger partial charge on any atom is 0.276 e. The number of aromatic hydroxyl groups is 1. The number of hydrogen-bond donors (Lipinski definition) is 3. The van der Waals surface area contributed by atoms with Gasteiger partial charge in [-0.25, -0.2) is 5.01 Å². The van der Waals surface area contributed by atoms with Gasteiger partial charge >= 0.3 is 0 Å². The lowest BCUT2D eigenvalue weighted by Crippen LogP contribution is -2.52. The summed E-state index contributed by atoms with van der Waals surface area (Å²) in [6.45, 7) is 0. The van der Waals surface area contributed by atoms with Crippen molar-refractivity contribution >= 4 is 17.5 Å². The molecule has 1 aliphatic rings. The van der Waals surface area contributed by atoms with Gasteiger partial charge in [0.1, 0.15) is 11.5 Å². The second kappa shape index (κ2) is 7.55. The number of phenolic OH excluding ortho intramolecular Hbond substituents is 1. The minimum atomic E-state index is -0.833. The molecule has 7 heteroatoms. The van der Waals surface area contributed by atoms with Gasteiger partial charge < -0.3 is 15.2 Å². The molecule has 0 saturated heterocycles. The molecule has 0 fully saturated rings. The van der Waals surface area contributed by atoms with Crippen molar-refractivity contribution in [2.45, 2.75) is 6.17 Å². The molecule has 0 bridgehead atoms. The predicted molar refractivity (Wildman–Crippen MR) is 108 cm³/mol. The molecule has 4 rings (SSSR count). The molecule has 0 saturated carbocycles. The lowest BCUT2D eigenvalue weighted by Gasteiger charge is -2.38. The molecule has 0 spiro atoms. The van der Waals surface area contributed by atoms with Gasteiger partial charge in [0.05, 0.1) is 12.7 Å². The number of phenols is 1. The van der Waals surface area contributed by atoms with Crippen molar-refractivity contribution in [3.05, 3.63) is 89.5 Å². The third-order valence-corrected chi connectivity index (χ3v) is 4.71. The maximum absolute atomic E-state index is 13.2. The number of para-hydroxylation sites is 1. The minimum Gasteiger partial charge on any atom is -0.508 e. The van der Waals surface area contributed by atoms with Crippen LogP contribution in [0.25, 0.3) is 0 Å². The van der Waals surface area contributed by atoms with Crippen LogP contribution < -0.4 is 15.5 Å². The fourth-order valence-electron chi connectivity index (χ4n) is 3.23. The van der Waals surface area contributed by atoms with Crippen molar-refractivity contribution in [3.8, 4) is 11.5 Å². The van der Waals surface area contributed by atoms with Crippen LogP contribution in [0, 0.1) is 0 Å². The van der Waals surface area contributed by atoms with Crippen molar-refractivity contribution < 1.29 is 19.4 Å². The Balaban J connectivity index is 1.76. The van der Waals surface area contributed by atoms with Crippen LogP contribution in [0.3, 0.4) is 0 Å². The Bertz CT molecular complexity index is 1070. The first-order chi connectivity index (χ1) is 14.1. The number of rotatable bonds is 4. The summed E-state index contributed by atoms with van der Waals surface area (Å²) < 4.78 is 5.25. The molecular weight excluding hydrogens is 370 g/mol. The summed E-state index contributed by atoms with van der Waals surface area (Å²) in [5, 5.41) is 14.8. The summed E-state index contributed by atoms with van der Waals surface area (Å²) in [4.78, 5) is 25.9. The number of nitrogens with zero attached hydrogens (tertiary/aromatic N) is 1. The van der Waals surface area contributed by atoms with Gasteiger partial charge in [0, 0.05) is 16.8 Å². The van der Waals surface area contributed by atoms with Gasteiger partial charge in [-0.05, 0) is 42.5 Å². The van der Waals surface area contributed by atoms with Crippen LogP contribution in [0.5, 0.6) is 11.5 Å². The predicted octanol–water partition coefficient (Wildman–Crippen LogP) is 3.31. The largest absolute Gasteiger partial charge is 0.508 e. The number of benzene rings is 3. The summed E-state index contributed by atoms with van der Waals surface area (Å²) >= 11 is 0. The number of hydrazine groups is 1. The molecule has 7 nitrogen and oxygen atoms in total. The number of fused-ring (bicyclic) bond motifs is 1. The van der Waals surface area contributed by atoms with E-state index in [0.717, 1.165) is 0 Å².